The maximum atomic E-state index is 14.1. The van der Waals surface area contributed by atoms with Crippen molar-refractivity contribution in [1.82, 2.24) is 14.9 Å². The summed E-state index contributed by atoms with van der Waals surface area (Å²) in [5, 5.41) is 4.77. The zero-order chi connectivity index (χ0) is 22.4. The SMILES string of the molecule is O=C(NCc1ccccc1)C(=O)NC[C@H]1OCCCN1S(=O)(=O)c1cc(F)ccc1F. The first kappa shape index (κ1) is 22.8. The molecule has 0 radical (unpaired) electrons. The van der Waals surface area contributed by atoms with Crippen LogP contribution in [0.15, 0.2) is 53.4 Å². The average Bonchev–Trinajstić information content (AvgIpc) is 2.78. The molecule has 1 atom stereocenters. The highest BCUT2D eigenvalue weighted by molar-refractivity contribution is 7.89. The zero-order valence-corrected chi connectivity index (χ0v) is 17.2. The fourth-order valence-corrected chi connectivity index (χ4v) is 4.67. The fraction of sp³-hybridized carbons (Fsp3) is 0.300. The van der Waals surface area contributed by atoms with Crippen LogP contribution in [0.1, 0.15) is 12.0 Å². The van der Waals surface area contributed by atoms with Gasteiger partial charge in [-0.1, -0.05) is 30.3 Å². The van der Waals surface area contributed by atoms with Crippen LogP contribution in [0, 0.1) is 11.6 Å². The van der Waals surface area contributed by atoms with Crippen LogP contribution in [-0.4, -0.2) is 50.5 Å². The molecule has 1 aliphatic rings. The van der Waals surface area contributed by atoms with E-state index in [-0.39, 0.29) is 26.2 Å². The van der Waals surface area contributed by atoms with Gasteiger partial charge in [0.2, 0.25) is 10.0 Å². The smallest absolute Gasteiger partial charge is 0.309 e. The molecule has 0 aliphatic carbocycles. The van der Waals surface area contributed by atoms with E-state index in [4.69, 9.17) is 4.74 Å². The van der Waals surface area contributed by atoms with Gasteiger partial charge in [-0.15, -0.1) is 0 Å². The lowest BCUT2D eigenvalue weighted by Crippen LogP contribution is -2.53. The molecule has 0 spiro atoms. The second-order valence-corrected chi connectivity index (χ2v) is 8.61. The predicted octanol–water partition coefficient (Wildman–Crippen LogP) is 1.13. The van der Waals surface area contributed by atoms with Gasteiger partial charge >= 0.3 is 11.8 Å². The van der Waals surface area contributed by atoms with Crippen LogP contribution in [0.5, 0.6) is 0 Å². The van der Waals surface area contributed by atoms with E-state index in [1.807, 2.05) is 6.07 Å². The quantitative estimate of drug-likeness (QED) is 0.639. The van der Waals surface area contributed by atoms with Crippen molar-refractivity contribution in [2.24, 2.45) is 0 Å². The van der Waals surface area contributed by atoms with Gasteiger partial charge < -0.3 is 15.4 Å². The number of nitrogens with zero attached hydrogens (tertiary/aromatic N) is 1. The molecular weight excluding hydrogens is 432 g/mol. The summed E-state index contributed by atoms with van der Waals surface area (Å²) in [5.41, 5.74) is 0.800. The lowest BCUT2D eigenvalue weighted by atomic mass is 10.2. The number of carbonyl (C=O) groups is 2. The highest BCUT2D eigenvalue weighted by Gasteiger charge is 2.36. The number of hydrogen-bond donors (Lipinski definition) is 2. The summed E-state index contributed by atoms with van der Waals surface area (Å²) in [6.07, 6.45) is -0.842. The van der Waals surface area contributed by atoms with Gasteiger partial charge in [-0.25, -0.2) is 17.2 Å². The van der Waals surface area contributed by atoms with Gasteiger partial charge in [0.1, 0.15) is 22.8 Å². The Balaban J connectivity index is 1.63. The predicted molar refractivity (Wildman–Crippen MR) is 106 cm³/mol. The maximum absolute atomic E-state index is 14.1. The van der Waals surface area contributed by atoms with Crippen molar-refractivity contribution >= 4 is 21.8 Å². The summed E-state index contributed by atoms with van der Waals surface area (Å²) in [5.74, 6) is -3.88. The molecule has 2 N–H and O–H groups in total. The largest absolute Gasteiger partial charge is 0.360 e. The van der Waals surface area contributed by atoms with Crippen molar-refractivity contribution < 1.29 is 31.5 Å². The summed E-state index contributed by atoms with van der Waals surface area (Å²) in [7, 11) is -4.44. The molecule has 2 amide bonds. The lowest BCUT2D eigenvalue weighted by molar-refractivity contribution is -0.140. The molecule has 11 heteroatoms. The Labute approximate surface area is 178 Å². The second kappa shape index (κ2) is 9.94. The molecule has 31 heavy (non-hydrogen) atoms. The Kier molecular flexibility index (Phi) is 7.31. The van der Waals surface area contributed by atoms with Gasteiger partial charge in [-0.2, -0.15) is 4.31 Å². The number of ether oxygens (including phenoxy) is 1. The van der Waals surface area contributed by atoms with E-state index in [1.54, 1.807) is 24.3 Å². The monoisotopic (exact) mass is 453 g/mol. The molecule has 1 aliphatic heterocycles. The minimum Gasteiger partial charge on any atom is -0.360 e. The number of sulfonamides is 1. The third-order valence-electron chi connectivity index (χ3n) is 4.57. The van der Waals surface area contributed by atoms with Gasteiger partial charge in [0.05, 0.1) is 13.2 Å². The van der Waals surface area contributed by atoms with Crippen molar-refractivity contribution in [1.29, 1.82) is 0 Å². The number of nitrogens with one attached hydrogen (secondary N) is 2. The first-order valence-electron chi connectivity index (χ1n) is 9.47. The minimum atomic E-state index is -4.44. The number of halogens is 2. The standard InChI is InChI=1S/C20H21F2N3O5S/c21-15-7-8-16(22)17(11-15)31(28,29)25-9-4-10-30-18(25)13-24-20(27)19(26)23-12-14-5-2-1-3-6-14/h1-3,5-8,11,18H,4,9-10,12-13H2,(H,23,26)(H,24,27)/t18-/m1/s1. The van der Waals surface area contributed by atoms with Gasteiger partial charge in [0.25, 0.3) is 0 Å². The Hall–Kier alpha value is -2.89. The van der Waals surface area contributed by atoms with Gasteiger partial charge in [0.15, 0.2) is 0 Å². The van der Waals surface area contributed by atoms with Crippen molar-refractivity contribution in [2.45, 2.75) is 24.1 Å². The van der Waals surface area contributed by atoms with Crippen LogP contribution in [0.25, 0.3) is 0 Å². The normalized spacial score (nSPS) is 17.2. The van der Waals surface area contributed by atoms with E-state index in [0.717, 1.165) is 22.0 Å². The second-order valence-electron chi connectivity index (χ2n) is 6.75. The van der Waals surface area contributed by atoms with E-state index in [0.29, 0.717) is 12.5 Å². The van der Waals surface area contributed by atoms with Crippen LogP contribution in [0.4, 0.5) is 8.78 Å². The number of benzene rings is 2. The molecule has 1 saturated heterocycles. The number of amides is 2. The topological polar surface area (TPSA) is 105 Å². The molecule has 0 saturated carbocycles. The van der Waals surface area contributed by atoms with E-state index in [1.165, 1.54) is 0 Å². The van der Waals surface area contributed by atoms with Crippen molar-refractivity contribution in [3.05, 3.63) is 65.7 Å². The summed E-state index contributed by atoms with van der Waals surface area (Å²) in [6.45, 7) is -0.00243. The van der Waals surface area contributed by atoms with Gasteiger partial charge in [-0.05, 0) is 30.2 Å². The summed E-state index contributed by atoms with van der Waals surface area (Å²) < 4.78 is 59.5. The Morgan fingerprint density at radius 2 is 1.77 bits per heavy atom. The van der Waals surface area contributed by atoms with Crippen LogP contribution in [-0.2, 0) is 30.9 Å². The number of rotatable bonds is 6. The van der Waals surface area contributed by atoms with E-state index in [2.05, 4.69) is 10.6 Å². The molecule has 2 aromatic rings. The molecule has 2 aromatic carbocycles. The fourth-order valence-electron chi connectivity index (χ4n) is 3.02. The molecule has 166 valence electrons. The zero-order valence-electron chi connectivity index (χ0n) is 16.4. The average molecular weight is 453 g/mol. The van der Waals surface area contributed by atoms with Gasteiger partial charge in [-0.3, -0.25) is 9.59 Å². The number of carbonyl (C=O) groups excluding carboxylic acids is 2. The van der Waals surface area contributed by atoms with E-state index >= 15 is 0 Å². The molecule has 1 heterocycles. The Morgan fingerprint density at radius 1 is 1.06 bits per heavy atom. The first-order valence-corrected chi connectivity index (χ1v) is 10.9. The van der Waals surface area contributed by atoms with Crippen molar-refractivity contribution in [3.8, 4) is 0 Å². The molecule has 1 fully saturated rings. The van der Waals surface area contributed by atoms with Gasteiger partial charge in [0, 0.05) is 13.1 Å². The molecule has 0 aromatic heterocycles. The van der Waals surface area contributed by atoms with Crippen molar-refractivity contribution in [3.63, 3.8) is 0 Å². The molecule has 8 nitrogen and oxygen atoms in total. The molecule has 3 rings (SSSR count). The van der Waals surface area contributed by atoms with E-state index < -0.39 is 44.6 Å². The highest BCUT2D eigenvalue weighted by atomic mass is 32.2. The van der Waals surface area contributed by atoms with E-state index in [9.17, 15) is 26.8 Å². The summed E-state index contributed by atoms with van der Waals surface area (Å²) in [4.78, 5) is 23.2. The minimum absolute atomic E-state index is 0.0149. The van der Waals surface area contributed by atoms with Crippen molar-refractivity contribution in [2.75, 3.05) is 19.7 Å². The third kappa shape index (κ3) is 5.63. The molecule has 0 bridgehead atoms. The third-order valence-corrected chi connectivity index (χ3v) is 6.48. The summed E-state index contributed by atoms with van der Waals surface area (Å²) in [6, 6.07) is 11.1. The maximum Gasteiger partial charge on any atom is 0.309 e. The molecular formula is C20H21F2N3O5S. The van der Waals surface area contributed by atoms with Crippen LogP contribution >= 0.6 is 0 Å². The lowest BCUT2D eigenvalue weighted by Gasteiger charge is -2.34. The first-order chi connectivity index (χ1) is 14.8. The molecule has 0 unspecified atom stereocenters. The van der Waals surface area contributed by atoms with Crippen LogP contribution in [0.2, 0.25) is 0 Å². The Bertz CT molecular complexity index is 1050. The van der Waals surface area contributed by atoms with Crippen LogP contribution < -0.4 is 10.6 Å². The Morgan fingerprint density at radius 3 is 2.52 bits per heavy atom. The summed E-state index contributed by atoms with van der Waals surface area (Å²) >= 11 is 0. The number of hydrogen-bond acceptors (Lipinski definition) is 5. The highest BCUT2D eigenvalue weighted by Crippen LogP contribution is 2.24. The van der Waals surface area contributed by atoms with Crippen LogP contribution in [0.3, 0.4) is 0 Å².